The van der Waals surface area contributed by atoms with Gasteiger partial charge >= 0.3 is 0 Å². The quantitative estimate of drug-likeness (QED) is 0.432. The van der Waals surface area contributed by atoms with Crippen LogP contribution >= 0.6 is 0 Å². The number of nitrogens with two attached hydrogens (primary N) is 2. The van der Waals surface area contributed by atoms with E-state index in [1.807, 2.05) is 0 Å². The van der Waals surface area contributed by atoms with Gasteiger partial charge in [-0.05, 0) is 0 Å². The molecule has 0 saturated carbocycles. The number of aromatic nitrogens is 3. The van der Waals surface area contributed by atoms with Crippen molar-refractivity contribution in [1.29, 1.82) is 0 Å². The Bertz CT molecular complexity index is 645. The standard InChI is InChI=1S/C11H15N5O4/c12-6-1-4-7(10(13)15-6)14-3-16(4)11-9(19)8(18)5(2-17)20-11/h1,3,5,8-9,11,17-19H,2H2,(H4,12,13,15)/t5-,8-,9+,11?/m1/s1. The molecule has 4 atom stereocenters. The van der Waals surface area contributed by atoms with E-state index < -0.39 is 31.1 Å². The maximum Gasteiger partial charge on any atom is 0.164 e. The van der Waals surface area contributed by atoms with Gasteiger partial charge in [0.1, 0.15) is 29.6 Å². The van der Waals surface area contributed by atoms with E-state index in [9.17, 15) is 10.2 Å². The molecule has 0 amide bonds. The molecule has 0 bridgehead atoms. The molecule has 108 valence electrons. The molecule has 1 saturated heterocycles. The number of anilines is 2. The summed E-state index contributed by atoms with van der Waals surface area (Å²) in [5.41, 5.74) is 12.3. The lowest BCUT2D eigenvalue weighted by Gasteiger charge is -2.17. The first-order valence-corrected chi connectivity index (χ1v) is 6.04. The Morgan fingerprint density at radius 1 is 1.30 bits per heavy atom. The Hall–Kier alpha value is -1.94. The van der Waals surface area contributed by atoms with Crippen LogP contribution in [0, 0.1) is 0 Å². The van der Waals surface area contributed by atoms with Crippen molar-refractivity contribution in [2.24, 2.45) is 0 Å². The maximum atomic E-state index is 10.0. The summed E-state index contributed by atoms with van der Waals surface area (Å²) in [6.07, 6.45) is -2.70. The molecule has 1 aliphatic rings. The zero-order chi connectivity index (χ0) is 14.4. The lowest BCUT2D eigenvalue weighted by Crippen LogP contribution is -2.33. The Morgan fingerprint density at radius 3 is 2.70 bits per heavy atom. The number of nitrogens with zero attached hydrogens (tertiary/aromatic N) is 3. The summed E-state index contributed by atoms with van der Waals surface area (Å²) in [5, 5.41) is 28.9. The first-order chi connectivity index (χ1) is 9.52. The Labute approximate surface area is 113 Å². The van der Waals surface area contributed by atoms with Crippen LogP contribution in [0.15, 0.2) is 12.4 Å². The first-order valence-electron chi connectivity index (χ1n) is 6.04. The fourth-order valence-corrected chi connectivity index (χ4v) is 2.39. The molecule has 2 aromatic heterocycles. The van der Waals surface area contributed by atoms with Crippen LogP contribution in [0.5, 0.6) is 0 Å². The van der Waals surface area contributed by atoms with E-state index in [0.717, 1.165) is 0 Å². The number of hydrogen-bond acceptors (Lipinski definition) is 8. The van der Waals surface area contributed by atoms with Gasteiger partial charge in [0.05, 0.1) is 18.5 Å². The Balaban J connectivity index is 2.07. The third-order valence-corrected chi connectivity index (χ3v) is 3.40. The third-order valence-electron chi connectivity index (χ3n) is 3.40. The molecule has 1 aliphatic heterocycles. The average molecular weight is 281 g/mol. The van der Waals surface area contributed by atoms with Crippen LogP contribution in [0.4, 0.5) is 11.6 Å². The van der Waals surface area contributed by atoms with Crippen molar-refractivity contribution in [3.05, 3.63) is 12.4 Å². The van der Waals surface area contributed by atoms with Gasteiger partial charge in [-0.1, -0.05) is 0 Å². The summed E-state index contributed by atoms with van der Waals surface area (Å²) < 4.78 is 6.95. The van der Waals surface area contributed by atoms with E-state index in [1.165, 1.54) is 10.9 Å². The molecule has 9 nitrogen and oxygen atoms in total. The molecular weight excluding hydrogens is 266 g/mol. The van der Waals surface area contributed by atoms with Gasteiger partial charge in [-0.2, -0.15) is 0 Å². The molecule has 1 fully saturated rings. The predicted molar refractivity (Wildman–Crippen MR) is 69.4 cm³/mol. The zero-order valence-corrected chi connectivity index (χ0v) is 10.4. The van der Waals surface area contributed by atoms with Crippen LogP contribution in [0.3, 0.4) is 0 Å². The lowest BCUT2D eigenvalue weighted by molar-refractivity contribution is -0.0508. The molecule has 20 heavy (non-hydrogen) atoms. The van der Waals surface area contributed by atoms with Crippen molar-refractivity contribution in [2.45, 2.75) is 24.5 Å². The number of ether oxygens (including phenoxy) is 1. The van der Waals surface area contributed by atoms with Gasteiger partial charge in [-0.25, -0.2) is 9.97 Å². The summed E-state index contributed by atoms with van der Waals surface area (Å²) in [6, 6.07) is 1.55. The Kier molecular flexibility index (Phi) is 2.98. The maximum absolute atomic E-state index is 10.0. The molecule has 3 heterocycles. The van der Waals surface area contributed by atoms with Crippen molar-refractivity contribution >= 4 is 22.7 Å². The number of nitrogen functional groups attached to an aromatic ring is 2. The molecule has 1 unspecified atom stereocenters. The fourth-order valence-electron chi connectivity index (χ4n) is 2.39. The highest BCUT2D eigenvalue weighted by Crippen LogP contribution is 2.32. The SMILES string of the molecule is Nc1cc2c(ncn2C2O[C@H](CO)[C@@H](O)[C@@H]2O)c(N)n1. The summed E-state index contributed by atoms with van der Waals surface area (Å²) in [7, 11) is 0. The van der Waals surface area contributed by atoms with Crippen LogP contribution in [-0.4, -0.2) is 54.8 Å². The molecule has 9 heteroatoms. The molecule has 0 spiro atoms. The summed E-state index contributed by atoms with van der Waals surface area (Å²) in [5.74, 6) is 0.383. The fraction of sp³-hybridized carbons (Fsp3) is 0.455. The minimum Gasteiger partial charge on any atom is -0.394 e. The van der Waals surface area contributed by atoms with Crippen molar-refractivity contribution in [3.63, 3.8) is 0 Å². The molecule has 0 aromatic carbocycles. The van der Waals surface area contributed by atoms with Gasteiger partial charge in [0, 0.05) is 6.07 Å². The minimum absolute atomic E-state index is 0.172. The van der Waals surface area contributed by atoms with Crippen molar-refractivity contribution in [1.82, 2.24) is 14.5 Å². The molecule has 2 aromatic rings. The van der Waals surface area contributed by atoms with E-state index in [-0.39, 0.29) is 11.6 Å². The largest absolute Gasteiger partial charge is 0.394 e. The second-order valence-electron chi connectivity index (χ2n) is 4.68. The van der Waals surface area contributed by atoms with Crippen molar-refractivity contribution in [2.75, 3.05) is 18.1 Å². The highest BCUT2D eigenvalue weighted by molar-refractivity contribution is 5.87. The topological polar surface area (TPSA) is 153 Å². The second kappa shape index (κ2) is 4.56. The number of pyridine rings is 1. The van der Waals surface area contributed by atoms with Crippen molar-refractivity contribution < 1.29 is 20.1 Å². The average Bonchev–Trinajstić information content (AvgIpc) is 2.93. The van der Waals surface area contributed by atoms with Gasteiger partial charge in [0.15, 0.2) is 12.0 Å². The highest BCUT2D eigenvalue weighted by Gasteiger charge is 2.43. The third kappa shape index (κ3) is 1.79. The van der Waals surface area contributed by atoms with Crippen LogP contribution in [-0.2, 0) is 4.74 Å². The molecule has 7 N–H and O–H groups in total. The van der Waals surface area contributed by atoms with Gasteiger partial charge in [-0.15, -0.1) is 0 Å². The van der Waals surface area contributed by atoms with E-state index in [1.54, 1.807) is 6.07 Å². The van der Waals surface area contributed by atoms with Gasteiger partial charge in [-0.3, -0.25) is 0 Å². The number of imidazole rings is 1. The molecule has 3 rings (SSSR count). The monoisotopic (exact) mass is 281 g/mol. The number of rotatable bonds is 2. The van der Waals surface area contributed by atoms with Crippen LogP contribution in [0.2, 0.25) is 0 Å². The second-order valence-corrected chi connectivity index (χ2v) is 4.68. The van der Waals surface area contributed by atoms with Crippen LogP contribution in [0.25, 0.3) is 11.0 Å². The summed E-state index contributed by atoms with van der Waals surface area (Å²) >= 11 is 0. The zero-order valence-electron chi connectivity index (χ0n) is 10.4. The van der Waals surface area contributed by atoms with Gasteiger partial charge < -0.3 is 36.1 Å². The molecular formula is C11H15N5O4. The van der Waals surface area contributed by atoms with Gasteiger partial charge in [0.25, 0.3) is 0 Å². The van der Waals surface area contributed by atoms with Gasteiger partial charge in [0.2, 0.25) is 0 Å². The van der Waals surface area contributed by atoms with Crippen LogP contribution in [0.1, 0.15) is 6.23 Å². The number of fused-ring (bicyclic) bond motifs is 1. The minimum atomic E-state index is -1.19. The normalized spacial score (nSPS) is 30.1. The summed E-state index contributed by atoms with van der Waals surface area (Å²) in [4.78, 5) is 7.99. The van der Waals surface area contributed by atoms with Crippen LogP contribution < -0.4 is 11.5 Å². The molecule has 0 aliphatic carbocycles. The number of aliphatic hydroxyl groups excluding tert-OH is 3. The summed E-state index contributed by atoms with van der Waals surface area (Å²) in [6.45, 7) is -0.396. The first kappa shape index (κ1) is 13.1. The predicted octanol–water partition coefficient (Wildman–Crippen LogP) is -1.79. The highest BCUT2D eigenvalue weighted by atomic mass is 16.6. The number of aliphatic hydroxyl groups is 3. The smallest absolute Gasteiger partial charge is 0.164 e. The van der Waals surface area contributed by atoms with E-state index in [0.29, 0.717) is 11.0 Å². The van der Waals surface area contributed by atoms with E-state index in [4.69, 9.17) is 21.3 Å². The van der Waals surface area contributed by atoms with Crippen molar-refractivity contribution in [3.8, 4) is 0 Å². The van der Waals surface area contributed by atoms with E-state index in [2.05, 4.69) is 9.97 Å². The number of hydrogen-bond donors (Lipinski definition) is 5. The van der Waals surface area contributed by atoms with E-state index >= 15 is 0 Å². The lowest BCUT2D eigenvalue weighted by atomic mass is 10.1. The molecule has 0 radical (unpaired) electrons. The Morgan fingerprint density at radius 2 is 2.05 bits per heavy atom.